The number of rotatable bonds is 2. The van der Waals surface area contributed by atoms with Crippen LogP contribution in [0.25, 0.3) is 21.8 Å². The average molecular weight is 296 g/mol. The Morgan fingerprint density at radius 2 is 1.14 bits per heavy atom. The van der Waals surface area contributed by atoms with Crippen molar-refractivity contribution in [3.63, 3.8) is 0 Å². The molecule has 0 aliphatic carbocycles. The highest BCUT2D eigenvalue weighted by Crippen LogP contribution is 2.22. The summed E-state index contributed by atoms with van der Waals surface area (Å²) >= 11 is 0. The lowest BCUT2D eigenvalue weighted by molar-refractivity contribution is 0.415. The second kappa shape index (κ2) is 4.24. The molecule has 110 valence electrons. The molecule has 6 heteroatoms. The molecular formula is C16H12N2O4. The number of aromatic nitrogens is 2. The fourth-order valence-electron chi connectivity index (χ4n) is 2.84. The predicted octanol–water partition coefficient (Wildman–Crippen LogP) is 1.52. The van der Waals surface area contributed by atoms with E-state index in [2.05, 4.69) is 0 Å². The molecule has 0 spiro atoms. The van der Waals surface area contributed by atoms with Gasteiger partial charge in [0.25, 0.3) is 11.1 Å². The van der Waals surface area contributed by atoms with Gasteiger partial charge in [0.2, 0.25) is 0 Å². The Morgan fingerprint density at radius 1 is 0.727 bits per heavy atom. The fraction of sp³-hybridized carbons (Fsp3) is 0.125. The largest absolute Gasteiger partial charge is 0.497 e. The van der Waals surface area contributed by atoms with Crippen LogP contribution in [0, 0.1) is 0 Å². The van der Waals surface area contributed by atoms with Gasteiger partial charge in [-0.2, -0.15) is 0 Å². The van der Waals surface area contributed by atoms with E-state index < -0.39 is 0 Å². The maximum atomic E-state index is 12.7. The molecule has 0 bridgehead atoms. The van der Waals surface area contributed by atoms with Gasteiger partial charge in [-0.05, 0) is 36.4 Å². The Kier molecular flexibility index (Phi) is 2.45. The molecule has 4 aromatic rings. The molecule has 0 N–H and O–H groups in total. The zero-order chi connectivity index (χ0) is 15.4. The zero-order valence-corrected chi connectivity index (χ0v) is 12.0. The van der Waals surface area contributed by atoms with Gasteiger partial charge in [-0.25, -0.2) is 9.03 Å². The Morgan fingerprint density at radius 3 is 1.50 bits per heavy atom. The minimum Gasteiger partial charge on any atom is -0.497 e. The standard InChI is InChI=1S/C16H12N2O4/c1-21-9-3-5-13-11(7-9)15(19)18-14-6-4-10(22-2)8-12(14)16(20)17(13)18/h3-8H,1-2H3. The summed E-state index contributed by atoms with van der Waals surface area (Å²) in [5, 5.41) is 0.906. The molecule has 2 aromatic carbocycles. The first-order valence-electron chi connectivity index (χ1n) is 6.70. The molecule has 0 unspecified atom stereocenters. The number of ether oxygens (including phenoxy) is 2. The van der Waals surface area contributed by atoms with Crippen LogP contribution >= 0.6 is 0 Å². The summed E-state index contributed by atoms with van der Waals surface area (Å²) in [6, 6.07) is 10.2. The first-order chi connectivity index (χ1) is 10.7. The van der Waals surface area contributed by atoms with E-state index >= 15 is 0 Å². The van der Waals surface area contributed by atoms with Crippen molar-refractivity contribution in [2.24, 2.45) is 0 Å². The molecule has 4 rings (SSSR count). The van der Waals surface area contributed by atoms with Gasteiger partial charge in [-0.15, -0.1) is 0 Å². The van der Waals surface area contributed by atoms with Crippen LogP contribution in [0.1, 0.15) is 0 Å². The second-order valence-electron chi connectivity index (χ2n) is 5.00. The molecule has 0 atom stereocenters. The lowest BCUT2D eigenvalue weighted by atomic mass is 10.2. The lowest BCUT2D eigenvalue weighted by Crippen LogP contribution is -2.13. The minimum absolute atomic E-state index is 0.244. The van der Waals surface area contributed by atoms with Gasteiger partial charge in [0.15, 0.2) is 0 Å². The van der Waals surface area contributed by atoms with Crippen molar-refractivity contribution < 1.29 is 9.47 Å². The van der Waals surface area contributed by atoms with Crippen LogP contribution in [-0.4, -0.2) is 23.3 Å². The zero-order valence-electron chi connectivity index (χ0n) is 12.0. The van der Waals surface area contributed by atoms with E-state index in [1.165, 1.54) is 23.3 Å². The second-order valence-corrected chi connectivity index (χ2v) is 5.00. The molecule has 0 radical (unpaired) electrons. The first kappa shape index (κ1) is 12.7. The third kappa shape index (κ3) is 1.43. The highest BCUT2D eigenvalue weighted by atomic mass is 16.5. The maximum Gasteiger partial charge on any atom is 0.279 e. The molecule has 2 heterocycles. The maximum absolute atomic E-state index is 12.7. The van der Waals surface area contributed by atoms with Gasteiger partial charge in [0.1, 0.15) is 11.5 Å². The summed E-state index contributed by atoms with van der Waals surface area (Å²) in [7, 11) is 3.07. The quantitative estimate of drug-likeness (QED) is 0.563. The van der Waals surface area contributed by atoms with Crippen molar-refractivity contribution in [1.82, 2.24) is 9.03 Å². The Labute approximate surface area is 124 Å². The number of hydrogen-bond acceptors (Lipinski definition) is 4. The van der Waals surface area contributed by atoms with Crippen LogP contribution in [0.5, 0.6) is 11.5 Å². The number of hydrogen-bond donors (Lipinski definition) is 0. The van der Waals surface area contributed by atoms with Gasteiger partial charge in [0.05, 0.1) is 36.0 Å². The van der Waals surface area contributed by atoms with E-state index in [9.17, 15) is 9.59 Å². The lowest BCUT2D eigenvalue weighted by Gasteiger charge is -1.98. The average Bonchev–Trinajstić information content (AvgIpc) is 3.01. The molecular weight excluding hydrogens is 284 g/mol. The summed E-state index contributed by atoms with van der Waals surface area (Å²) in [6.45, 7) is 0. The van der Waals surface area contributed by atoms with E-state index in [0.29, 0.717) is 33.3 Å². The number of fused-ring (bicyclic) bond motifs is 5. The predicted molar refractivity (Wildman–Crippen MR) is 82.7 cm³/mol. The van der Waals surface area contributed by atoms with Crippen LogP contribution in [0.15, 0.2) is 46.0 Å². The van der Waals surface area contributed by atoms with Crippen LogP contribution in [0.2, 0.25) is 0 Å². The van der Waals surface area contributed by atoms with E-state index in [1.54, 1.807) is 36.4 Å². The summed E-state index contributed by atoms with van der Waals surface area (Å²) < 4.78 is 13.1. The van der Waals surface area contributed by atoms with Crippen LogP contribution < -0.4 is 20.6 Å². The molecule has 0 saturated heterocycles. The van der Waals surface area contributed by atoms with Gasteiger partial charge < -0.3 is 9.47 Å². The Bertz CT molecular complexity index is 1050. The summed E-state index contributed by atoms with van der Waals surface area (Å²) in [5.74, 6) is 1.16. The van der Waals surface area contributed by atoms with Gasteiger partial charge in [-0.3, -0.25) is 9.59 Å². The SMILES string of the molecule is COc1ccc2c(c1)c(=O)n1c3ccc(OC)cc3c(=O)n21. The molecule has 0 aliphatic heterocycles. The number of methoxy groups -OCH3 is 2. The smallest absolute Gasteiger partial charge is 0.279 e. The van der Waals surface area contributed by atoms with E-state index in [4.69, 9.17) is 9.47 Å². The summed E-state index contributed by atoms with van der Waals surface area (Å²) in [4.78, 5) is 25.3. The molecule has 0 amide bonds. The molecule has 0 saturated carbocycles. The fourth-order valence-corrected chi connectivity index (χ4v) is 2.84. The topological polar surface area (TPSA) is 61.4 Å². The van der Waals surface area contributed by atoms with Crippen molar-refractivity contribution in [3.8, 4) is 11.5 Å². The number of benzene rings is 2. The van der Waals surface area contributed by atoms with Crippen molar-refractivity contribution in [2.75, 3.05) is 14.2 Å². The van der Waals surface area contributed by atoms with Crippen molar-refractivity contribution >= 4 is 21.8 Å². The van der Waals surface area contributed by atoms with Gasteiger partial charge >= 0.3 is 0 Å². The van der Waals surface area contributed by atoms with Crippen LogP contribution in [0.3, 0.4) is 0 Å². The minimum atomic E-state index is -0.244. The van der Waals surface area contributed by atoms with Crippen molar-refractivity contribution in [1.29, 1.82) is 0 Å². The summed E-state index contributed by atoms with van der Waals surface area (Å²) in [6.07, 6.45) is 0. The Balaban J connectivity index is 2.27. The van der Waals surface area contributed by atoms with Crippen LogP contribution in [0.4, 0.5) is 0 Å². The Hall–Kier alpha value is -3.02. The van der Waals surface area contributed by atoms with E-state index in [1.807, 2.05) is 0 Å². The molecule has 0 fully saturated rings. The highest BCUT2D eigenvalue weighted by molar-refractivity contribution is 5.87. The first-order valence-corrected chi connectivity index (χ1v) is 6.70. The van der Waals surface area contributed by atoms with Gasteiger partial charge in [0, 0.05) is 0 Å². The molecule has 22 heavy (non-hydrogen) atoms. The third-order valence-electron chi connectivity index (χ3n) is 3.91. The monoisotopic (exact) mass is 296 g/mol. The molecule has 0 aliphatic rings. The summed E-state index contributed by atoms with van der Waals surface area (Å²) in [5.41, 5.74) is 0.634. The normalized spacial score (nSPS) is 11.5. The number of nitrogens with zero attached hydrogens (tertiary/aromatic N) is 2. The molecule has 2 aromatic heterocycles. The van der Waals surface area contributed by atoms with Gasteiger partial charge in [-0.1, -0.05) is 0 Å². The highest BCUT2D eigenvalue weighted by Gasteiger charge is 2.18. The van der Waals surface area contributed by atoms with Crippen LogP contribution in [-0.2, 0) is 0 Å². The van der Waals surface area contributed by atoms with E-state index in [-0.39, 0.29) is 11.1 Å². The molecule has 6 nitrogen and oxygen atoms in total. The van der Waals surface area contributed by atoms with Crippen molar-refractivity contribution in [3.05, 3.63) is 57.1 Å². The third-order valence-corrected chi connectivity index (χ3v) is 3.91. The van der Waals surface area contributed by atoms with Crippen molar-refractivity contribution in [2.45, 2.75) is 0 Å². The van der Waals surface area contributed by atoms with E-state index in [0.717, 1.165) is 0 Å².